The lowest BCUT2D eigenvalue weighted by Gasteiger charge is -2.02. The molecular weight excluding hydrogens is 148 g/mol. The smallest absolute Gasteiger partial charge is 0.187 e. The number of hydrogen-bond donors (Lipinski definition) is 3. The summed E-state index contributed by atoms with van der Waals surface area (Å²) in [5.74, 6) is 0.459. The molecular formula is C5H12N4S. The molecule has 0 aliphatic carbocycles. The van der Waals surface area contributed by atoms with E-state index in [0.29, 0.717) is 10.9 Å². The van der Waals surface area contributed by atoms with Crippen molar-refractivity contribution in [3.05, 3.63) is 0 Å². The van der Waals surface area contributed by atoms with Crippen LogP contribution < -0.4 is 16.5 Å². The molecule has 0 spiro atoms. The second-order valence-electron chi connectivity index (χ2n) is 1.72. The monoisotopic (exact) mass is 160 g/mol. The molecule has 0 saturated carbocycles. The largest absolute Gasteiger partial charge is 0.386 e. The van der Waals surface area contributed by atoms with E-state index >= 15 is 0 Å². The highest BCUT2D eigenvalue weighted by Gasteiger charge is 1.86. The van der Waals surface area contributed by atoms with Crippen molar-refractivity contribution in [3.63, 3.8) is 0 Å². The Balaban J connectivity index is 3.49. The summed E-state index contributed by atoms with van der Waals surface area (Å²) in [6.45, 7) is 4.42. The highest BCUT2D eigenvalue weighted by molar-refractivity contribution is 7.80. The fourth-order valence-electron chi connectivity index (χ4n) is 0.339. The maximum atomic E-state index is 5.24. The van der Waals surface area contributed by atoms with Crippen LogP contribution in [0.15, 0.2) is 5.10 Å². The number of nitrogens with zero attached hydrogens (tertiary/aromatic N) is 1. The first-order valence-electron chi connectivity index (χ1n) is 3.00. The number of nitrogens with one attached hydrogen (secondary N) is 2. The number of hydrogen-bond acceptors (Lipinski definition) is 2. The van der Waals surface area contributed by atoms with Crippen LogP contribution in [-0.4, -0.2) is 17.5 Å². The summed E-state index contributed by atoms with van der Waals surface area (Å²) in [6.07, 6.45) is 0. The van der Waals surface area contributed by atoms with Crippen molar-refractivity contribution in [1.82, 2.24) is 10.7 Å². The number of hydrazone groups is 1. The summed E-state index contributed by atoms with van der Waals surface area (Å²) in [5, 5.41) is 7.04. The molecule has 10 heavy (non-hydrogen) atoms. The molecule has 0 heterocycles. The van der Waals surface area contributed by atoms with E-state index in [9.17, 15) is 0 Å². The zero-order valence-electron chi connectivity index (χ0n) is 6.14. The van der Waals surface area contributed by atoms with Gasteiger partial charge in [-0.25, -0.2) is 0 Å². The third kappa shape index (κ3) is 5.30. The van der Waals surface area contributed by atoms with Crippen molar-refractivity contribution in [1.29, 1.82) is 0 Å². The van der Waals surface area contributed by atoms with Crippen molar-refractivity contribution in [2.75, 3.05) is 6.54 Å². The average molecular weight is 160 g/mol. The van der Waals surface area contributed by atoms with Crippen LogP contribution in [0.25, 0.3) is 0 Å². The van der Waals surface area contributed by atoms with Crippen LogP contribution in [0, 0.1) is 0 Å². The molecule has 0 aliphatic rings. The molecule has 4 N–H and O–H groups in total. The van der Waals surface area contributed by atoms with E-state index in [1.165, 1.54) is 0 Å². The summed E-state index contributed by atoms with van der Waals surface area (Å²) in [7, 11) is 0. The minimum atomic E-state index is 0.459. The summed E-state index contributed by atoms with van der Waals surface area (Å²) in [5.41, 5.74) is 7.80. The summed E-state index contributed by atoms with van der Waals surface area (Å²) >= 11 is 4.79. The standard InChI is InChI=1S/C5H12N4S/c1-3-7-5(10)9-8-4(2)6/h3H2,1-2H3,(H2,6,8)(H2,7,9,10). The fourth-order valence-corrected chi connectivity index (χ4v) is 0.529. The first-order valence-corrected chi connectivity index (χ1v) is 3.41. The summed E-state index contributed by atoms with van der Waals surface area (Å²) < 4.78 is 0. The molecule has 0 aliphatic heterocycles. The Labute approximate surface area is 65.9 Å². The van der Waals surface area contributed by atoms with Crippen LogP contribution in [0.2, 0.25) is 0 Å². The van der Waals surface area contributed by atoms with Gasteiger partial charge < -0.3 is 11.1 Å². The van der Waals surface area contributed by atoms with Crippen molar-refractivity contribution in [2.45, 2.75) is 13.8 Å². The van der Waals surface area contributed by atoms with Crippen LogP contribution in [0.5, 0.6) is 0 Å². The molecule has 0 unspecified atom stereocenters. The van der Waals surface area contributed by atoms with Gasteiger partial charge in [0.15, 0.2) is 5.11 Å². The normalized spacial score (nSPS) is 10.8. The zero-order chi connectivity index (χ0) is 7.98. The van der Waals surface area contributed by atoms with E-state index in [1.807, 2.05) is 6.92 Å². The van der Waals surface area contributed by atoms with Crippen LogP contribution in [-0.2, 0) is 0 Å². The molecule has 0 fully saturated rings. The first-order chi connectivity index (χ1) is 4.66. The molecule has 0 amide bonds. The number of thiocarbonyl (C=S) groups is 1. The van der Waals surface area contributed by atoms with Crippen molar-refractivity contribution in [3.8, 4) is 0 Å². The minimum Gasteiger partial charge on any atom is -0.386 e. The topological polar surface area (TPSA) is 62.4 Å². The van der Waals surface area contributed by atoms with E-state index in [1.54, 1.807) is 6.92 Å². The van der Waals surface area contributed by atoms with E-state index < -0.39 is 0 Å². The molecule has 0 rings (SSSR count). The Bertz CT molecular complexity index is 139. The number of amidine groups is 1. The molecule has 58 valence electrons. The Morgan fingerprint density at radius 3 is 2.70 bits per heavy atom. The number of rotatable bonds is 2. The fraction of sp³-hybridized carbons (Fsp3) is 0.600. The van der Waals surface area contributed by atoms with Crippen molar-refractivity contribution < 1.29 is 0 Å². The van der Waals surface area contributed by atoms with E-state index in [-0.39, 0.29) is 0 Å². The first kappa shape index (κ1) is 9.16. The van der Waals surface area contributed by atoms with Gasteiger partial charge in [0.05, 0.1) is 0 Å². The van der Waals surface area contributed by atoms with Gasteiger partial charge in [0, 0.05) is 6.54 Å². The highest BCUT2D eigenvalue weighted by Crippen LogP contribution is 1.66. The molecule has 4 nitrogen and oxygen atoms in total. The Morgan fingerprint density at radius 2 is 2.30 bits per heavy atom. The van der Waals surface area contributed by atoms with Gasteiger partial charge in [-0.3, -0.25) is 5.43 Å². The van der Waals surface area contributed by atoms with Crippen molar-refractivity contribution >= 4 is 23.2 Å². The predicted octanol–water partition coefficient (Wildman–Crippen LogP) is -0.237. The van der Waals surface area contributed by atoms with Crippen LogP contribution >= 0.6 is 12.2 Å². The summed E-state index contributed by atoms with van der Waals surface area (Å²) in [6, 6.07) is 0. The molecule has 0 aromatic heterocycles. The molecule has 0 aromatic rings. The van der Waals surface area contributed by atoms with Gasteiger partial charge in [0.1, 0.15) is 5.84 Å². The molecule has 0 bridgehead atoms. The highest BCUT2D eigenvalue weighted by atomic mass is 32.1. The quantitative estimate of drug-likeness (QED) is 0.226. The Hall–Kier alpha value is -0.840. The van der Waals surface area contributed by atoms with E-state index in [4.69, 9.17) is 18.0 Å². The van der Waals surface area contributed by atoms with Crippen LogP contribution in [0.4, 0.5) is 0 Å². The van der Waals surface area contributed by atoms with Crippen molar-refractivity contribution in [2.24, 2.45) is 10.8 Å². The lowest BCUT2D eigenvalue weighted by Crippen LogP contribution is -2.32. The second-order valence-corrected chi connectivity index (χ2v) is 2.13. The van der Waals surface area contributed by atoms with E-state index in [2.05, 4.69) is 15.8 Å². The Morgan fingerprint density at radius 1 is 1.70 bits per heavy atom. The number of nitrogens with two attached hydrogens (primary N) is 1. The molecule has 0 radical (unpaired) electrons. The third-order valence-corrected chi connectivity index (χ3v) is 0.907. The van der Waals surface area contributed by atoms with Gasteiger partial charge in [-0.2, -0.15) is 5.10 Å². The maximum Gasteiger partial charge on any atom is 0.187 e. The maximum absolute atomic E-state index is 5.24. The van der Waals surface area contributed by atoms with Gasteiger partial charge in [-0.15, -0.1) is 0 Å². The molecule has 0 aromatic carbocycles. The SMILES string of the molecule is CCNC(=S)N/N=C(\C)N. The lowest BCUT2D eigenvalue weighted by molar-refractivity contribution is 0.899. The Kier molecular flexibility index (Phi) is 4.57. The molecule has 0 saturated heterocycles. The van der Waals surface area contributed by atoms with E-state index in [0.717, 1.165) is 6.54 Å². The second kappa shape index (κ2) is 4.99. The van der Waals surface area contributed by atoms with Gasteiger partial charge in [0.25, 0.3) is 0 Å². The third-order valence-electron chi connectivity index (χ3n) is 0.671. The van der Waals surface area contributed by atoms with Gasteiger partial charge >= 0.3 is 0 Å². The zero-order valence-corrected chi connectivity index (χ0v) is 6.96. The van der Waals surface area contributed by atoms with Gasteiger partial charge in [0.2, 0.25) is 0 Å². The van der Waals surface area contributed by atoms with Gasteiger partial charge in [-0.1, -0.05) is 0 Å². The molecule has 0 atom stereocenters. The van der Waals surface area contributed by atoms with Crippen LogP contribution in [0.1, 0.15) is 13.8 Å². The molecule has 5 heteroatoms. The summed E-state index contributed by atoms with van der Waals surface area (Å²) in [4.78, 5) is 0. The van der Waals surface area contributed by atoms with Crippen LogP contribution in [0.3, 0.4) is 0 Å². The predicted molar refractivity (Wildman–Crippen MR) is 46.7 cm³/mol. The van der Waals surface area contributed by atoms with Gasteiger partial charge in [-0.05, 0) is 26.1 Å². The lowest BCUT2D eigenvalue weighted by atomic mass is 10.7. The minimum absolute atomic E-state index is 0.459. The average Bonchev–Trinajstić information content (AvgIpc) is 1.85.